The molecule has 0 aliphatic heterocycles. The number of nitrogens with zero attached hydrogens (tertiary/aromatic N) is 1. The summed E-state index contributed by atoms with van der Waals surface area (Å²) in [7, 11) is 0. The zero-order valence-corrected chi connectivity index (χ0v) is 13.9. The normalized spacial score (nSPS) is 10.6. The van der Waals surface area contributed by atoms with Gasteiger partial charge in [0.15, 0.2) is 6.29 Å². The second kappa shape index (κ2) is 6.68. The molecule has 0 radical (unpaired) electrons. The van der Waals surface area contributed by atoms with Crippen LogP contribution in [0.2, 0.25) is 0 Å². The van der Waals surface area contributed by atoms with E-state index in [-0.39, 0.29) is 5.56 Å². The van der Waals surface area contributed by atoms with E-state index in [4.69, 9.17) is 4.74 Å². The van der Waals surface area contributed by atoms with Crippen LogP contribution in [0.25, 0.3) is 5.69 Å². The van der Waals surface area contributed by atoms with Crippen molar-refractivity contribution >= 4 is 6.29 Å². The number of aromatic hydroxyl groups is 1. The molecule has 6 heteroatoms. The largest absolute Gasteiger partial charge is 0.493 e. The third kappa shape index (κ3) is 3.33. The van der Waals surface area contributed by atoms with Gasteiger partial charge in [0.25, 0.3) is 5.56 Å². The van der Waals surface area contributed by atoms with Crippen LogP contribution in [0.4, 0.5) is 0 Å². The van der Waals surface area contributed by atoms with Gasteiger partial charge >= 0.3 is 0 Å². The third-order valence-corrected chi connectivity index (χ3v) is 3.95. The second-order valence-corrected chi connectivity index (χ2v) is 5.86. The molecule has 0 aliphatic rings. The molecule has 25 heavy (non-hydrogen) atoms. The number of carbonyl (C=O) groups is 1. The first-order valence-corrected chi connectivity index (χ1v) is 7.78. The number of carbonyl (C=O) groups excluding carboxylic acids is 1. The van der Waals surface area contributed by atoms with Crippen LogP contribution in [0, 0.1) is 13.8 Å². The lowest BCUT2D eigenvalue weighted by atomic mass is 10.1. The minimum atomic E-state index is -0.630. The van der Waals surface area contributed by atoms with Crippen molar-refractivity contribution < 1.29 is 14.6 Å². The van der Waals surface area contributed by atoms with Gasteiger partial charge in [0.1, 0.15) is 17.9 Å². The standard InChI is InChI=1S/C19H18N2O4/c1-12-3-8-17(13(2)9-12)25-11-14-4-6-15(7-5-14)21-19(24)16(10-22)18(23)20-21/h3-10,24H,11H2,1-2H3,(H,20,23). The number of nitrogens with one attached hydrogen (secondary N) is 1. The van der Waals surface area contributed by atoms with Gasteiger partial charge in [-0.15, -0.1) is 0 Å². The molecule has 0 fully saturated rings. The minimum absolute atomic E-state index is 0.290. The molecule has 0 unspecified atom stereocenters. The lowest BCUT2D eigenvalue weighted by Gasteiger charge is -2.10. The second-order valence-electron chi connectivity index (χ2n) is 5.86. The Morgan fingerprint density at radius 1 is 1.16 bits per heavy atom. The van der Waals surface area contributed by atoms with Crippen LogP contribution < -0.4 is 10.3 Å². The third-order valence-electron chi connectivity index (χ3n) is 3.95. The number of hydrogen-bond donors (Lipinski definition) is 2. The highest BCUT2D eigenvalue weighted by Gasteiger charge is 2.14. The Kier molecular flexibility index (Phi) is 4.43. The molecular formula is C19H18N2O4. The molecule has 0 aliphatic carbocycles. The van der Waals surface area contributed by atoms with Gasteiger partial charge in [0.2, 0.25) is 5.88 Å². The molecule has 3 aromatic rings. The van der Waals surface area contributed by atoms with Crippen molar-refractivity contribution in [3.8, 4) is 17.3 Å². The van der Waals surface area contributed by atoms with Gasteiger partial charge in [-0.2, -0.15) is 0 Å². The predicted octanol–water partition coefficient (Wildman–Crippen LogP) is 2.88. The van der Waals surface area contributed by atoms with Gasteiger partial charge in [0.05, 0.1) is 5.69 Å². The van der Waals surface area contributed by atoms with Crippen molar-refractivity contribution in [2.45, 2.75) is 20.5 Å². The van der Waals surface area contributed by atoms with Crippen LogP contribution in [0.3, 0.4) is 0 Å². The number of aldehydes is 1. The van der Waals surface area contributed by atoms with Gasteiger partial charge in [-0.3, -0.25) is 14.7 Å². The topological polar surface area (TPSA) is 84.3 Å². The number of ether oxygens (including phenoxy) is 1. The van der Waals surface area contributed by atoms with Crippen molar-refractivity contribution in [1.82, 2.24) is 9.78 Å². The Morgan fingerprint density at radius 2 is 1.88 bits per heavy atom. The van der Waals surface area contributed by atoms with E-state index in [2.05, 4.69) is 11.2 Å². The highest BCUT2D eigenvalue weighted by molar-refractivity contribution is 5.77. The molecule has 1 aromatic heterocycles. The Morgan fingerprint density at radius 3 is 2.48 bits per heavy atom. The maximum Gasteiger partial charge on any atom is 0.279 e. The zero-order chi connectivity index (χ0) is 18.0. The van der Waals surface area contributed by atoms with Crippen LogP contribution in [0.1, 0.15) is 27.0 Å². The number of rotatable bonds is 5. The van der Waals surface area contributed by atoms with E-state index in [9.17, 15) is 14.7 Å². The summed E-state index contributed by atoms with van der Waals surface area (Å²) in [5.74, 6) is 0.428. The quantitative estimate of drug-likeness (QED) is 0.701. The molecule has 0 atom stereocenters. The van der Waals surface area contributed by atoms with E-state index in [0.717, 1.165) is 16.9 Å². The molecule has 3 rings (SSSR count). The number of aryl methyl sites for hydroxylation is 2. The summed E-state index contributed by atoms with van der Waals surface area (Å²) in [6.07, 6.45) is 0.330. The smallest absolute Gasteiger partial charge is 0.279 e. The van der Waals surface area contributed by atoms with Crippen molar-refractivity contribution in [3.63, 3.8) is 0 Å². The van der Waals surface area contributed by atoms with Crippen LogP contribution in [0.15, 0.2) is 47.3 Å². The maximum absolute atomic E-state index is 11.6. The summed E-state index contributed by atoms with van der Waals surface area (Å²) in [5.41, 5.74) is 2.82. The van der Waals surface area contributed by atoms with Crippen LogP contribution >= 0.6 is 0 Å². The lowest BCUT2D eigenvalue weighted by Crippen LogP contribution is -2.06. The van der Waals surface area contributed by atoms with Crippen LogP contribution in [-0.2, 0) is 6.61 Å². The SMILES string of the molecule is Cc1ccc(OCc2ccc(-n3[nH]c(=O)c(C=O)c3O)cc2)c(C)c1. The fourth-order valence-electron chi connectivity index (χ4n) is 2.59. The summed E-state index contributed by atoms with van der Waals surface area (Å²) in [5, 5.41) is 12.3. The minimum Gasteiger partial charge on any atom is -0.493 e. The Labute approximate surface area is 144 Å². The van der Waals surface area contributed by atoms with Gasteiger partial charge in [-0.05, 0) is 43.2 Å². The Balaban J connectivity index is 1.76. The molecule has 0 amide bonds. The predicted molar refractivity (Wildman–Crippen MR) is 93.7 cm³/mol. The van der Waals surface area contributed by atoms with E-state index in [0.29, 0.717) is 18.6 Å². The van der Waals surface area contributed by atoms with Gasteiger partial charge in [-0.25, -0.2) is 4.68 Å². The average molecular weight is 338 g/mol. The summed E-state index contributed by atoms with van der Waals surface area (Å²) in [6.45, 7) is 4.44. The molecule has 6 nitrogen and oxygen atoms in total. The van der Waals surface area contributed by atoms with E-state index in [1.54, 1.807) is 12.1 Å². The van der Waals surface area contributed by atoms with Gasteiger partial charge in [0, 0.05) is 0 Å². The summed E-state index contributed by atoms with van der Waals surface area (Å²) in [4.78, 5) is 22.4. The molecule has 0 saturated carbocycles. The highest BCUT2D eigenvalue weighted by Crippen LogP contribution is 2.21. The molecule has 0 bridgehead atoms. The van der Waals surface area contributed by atoms with E-state index >= 15 is 0 Å². The molecule has 2 N–H and O–H groups in total. The molecule has 128 valence electrons. The van der Waals surface area contributed by atoms with E-state index in [1.807, 2.05) is 38.1 Å². The maximum atomic E-state index is 11.6. The summed E-state index contributed by atoms with van der Waals surface area (Å²) in [6, 6.07) is 13.1. The first-order valence-electron chi connectivity index (χ1n) is 7.78. The van der Waals surface area contributed by atoms with Gasteiger partial charge in [-0.1, -0.05) is 29.8 Å². The summed E-state index contributed by atoms with van der Waals surface area (Å²) < 4.78 is 6.99. The zero-order valence-electron chi connectivity index (χ0n) is 13.9. The van der Waals surface area contributed by atoms with Gasteiger partial charge < -0.3 is 9.84 Å². The number of aromatic amines is 1. The molecule has 1 heterocycles. The molecular weight excluding hydrogens is 320 g/mol. The molecule has 0 spiro atoms. The molecule has 0 saturated heterocycles. The summed E-state index contributed by atoms with van der Waals surface area (Å²) >= 11 is 0. The number of hydrogen-bond acceptors (Lipinski definition) is 4. The number of benzene rings is 2. The highest BCUT2D eigenvalue weighted by atomic mass is 16.5. The van der Waals surface area contributed by atoms with Crippen molar-refractivity contribution in [3.05, 3.63) is 75.1 Å². The van der Waals surface area contributed by atoms with E-state index < -0.39 is 11.4 Å². The Hall–Kier alpha value is -3.28. The van der Waals surface area contributed by atoms with Crippen LogP contribution in [0.5, 0.6) is 11.6 Å². The fourth-order valence-corrected chi connectivity index (χ4v) is 2.59. The monoisotopic (exact) mass is 338 g/mol. The number of aromatic nitrogens is 2. The number of H-pyrrole nitrogens is 1. The Bertz CT molecular complexity index is 968. The average Bonchev–Trinajstić information content (AvgIpc) is 2.88. The van der Waals surface area contributed by atoms with Crippen LogP contribution in [-0.4, -0.2) is 21.2 Å². The van der Waals surface area contributed by atoms with Crippen molar-refractivity contribution in [1.29, 1.82) is 0 Å². The van der Waals surface area contributed by atoms with Crippen molar-refractivity contribution in [2.24, 2.45) is 0 Å². The first-order chi connectivity index (χ1) is 12.0. The van der Waals surface area contributed by atoms with E-state index in [1.165, 1.54) is 10.2 Å². The lowest BCUT2D eigenvalue weighted by molar-refractivity contribution is 0.112. The van der Waals surface area contributed by atoms with Crippen molar-refractivity contribution in [2.75, 3.05) is 0 Å². The first kappa shape index (κ1) is 16.6. The molecule has 2 aromatic carbocycles. The fraction of sp³-hybridized carbons (Fsp3) is 0.158.